The van der Waals surface area contributed by atoms with Crippen molar-refractivity contribution in [3.05, 3.63) is 59.4 Å². The molecule has 152 valence electrons. The van der Waals surface area contributed by atoms with Crippen LogP contribution in [0.15, 0.2) is 36.7 Å². The van der Waals surface area contributed by atoms with Crippen LogP contribution in [0, 0.1) is 17.1 Å². The summed E-state index contributed by atoms with van der Waals surface area (Å²) < 4.78 is 20.1. The summed E-state index contributed by atoms with van der Waals surface area (Å²) >= 11 is 0. The van der Waals surface area contributed by atoms with Gasteiger partial charge in [0.15, 0.2) is 11.5 Å². The molecule has 0 amide bonds. The van der Waals surface area contributed by atoms with Crippen LogP contribution in [0.2, 0.25) is 0 Å². The molecule has 3 heterocycles. The molecule has 0 bridgehead atoms. The molecule has 5 nitrogen and oxygen atoms in total. The smallest absolute Gasteiger partial charge is 0.176 e. The fraction of sp³-hybridized carbons (Fsp3) is 0.522. The van der Waals surface area contributed by atoms with Gasteiger partial charge < -0.3 is 10.1 Å². The fourth-order valence-electron chi connectivity index (χ4n) is 5.01. The molecule has 1 spiro atoms. The van der Waals surface area contributed by atoms with Crippen LogP contribution in [0.1, 0.15) is 61.9 Å². The second-order valence-electron chi connectivity index (χ2n) is 8.37. The lowest BCUT2D eigenvalue weighted by Crippen LogP contribution is -2.47. The molecule has 0 unspecified atom stereocenters. The van der Waals surface area contributed by atoms with Gasteiger partial charge in [0.05, 0.1) is 5.60 Å². The Morgan fingerprint density at radius 3 is 2.79 bits per heavy atom. The number of hydrogen-bond acceptors (Lipinski definition) is 5. The van der Waals surface area contributed by atoms with Gasteiger partial charge >= 0.3 is 0 Å². The van der Waals surface area contributed by atoms with E-state index >= 15 is 0 Å². The van der Waals surface area contributed by atoms with E-state index in [1.165, 1.54) is 18.9 Å². The zero-order valence-electron chi connectivity index (χ0n) is 16.7. The van der Waals surface area contributed by atoms with Gasteiger partial charge in [0, 0.05) is 36.7 Å². The summed E-state index contributed by atoms with van der Waals surface area (Å²) in [5.74, 6) is -0.565. The third kappa shape index (κ3) is 4.31. The summed E-state index contributed by atoms with van der Waals surface area (Å²) in [5, 5.41) is 12.2. The first-order valence-corrected chi connectivity index (χ1v) is 10.5. The van der Waals surface area contributed by atoms with E-state index in [1.54, 1.807) is 12.3 Å². The van der Waals surface area contributed by atoms with Crippen LogP contribution in [-0.2, 0) is 16.7 Å². The van der Waals surface area contributed by atoms with Gasteiger partial charge in [0.25, 0.3) is 0 Å². The summed E-state index contributed by atoms with van der Waals surface area (Å²) in [4.78, 5) is 8.60. The zero-order chi connectivity index (χ0) is 20.2. The van der Waals surface area contributed by atoms with Gasteiger partial charge in [-0.25, -0.2) is 9.37 Å². The second-order valence-corrected chi connectivity index (χ2v) is 8.37. The van der Waals surface area contributed by atoms with Gasteiger partial charge in [-0.3, -0.25) is 4.98 Å². The molecular weight excluding hydrogens is 367 g/mol. The Balaban J connectivity index is 1.44. The molecule has 0 aromatic carbocycles. The molecule has 0 radical (unpaired) electrons. The first-order valence-electron chi connectivity index (χ1n) is 10.5. The van der Waals surface area contributed by atoms with Crippen LogP contribution in [0.25, 0.3) is 0 Å². The normalized spacial score (nSPS) is 23.2. The lowest BCUT2D eigenvalue weighted by atomic mass is 9.68. The number of nitrogens with one attached hydrogen (secondary N) is 1. The largest absolute Gasteiger partial charge is 0.375 e. The van der Waals surface area contributed by atoms with Crippen LogP contribution in [0.4, 0.5) is 4.39 Å². The minimum Gasteiger partial charge on any atom is -0.375 e. The maximum atomic E-state index is 13.8. The standard InChI is InChI=1S/C23H27FN4O/c24-19-13-18(16-28-20(19)14-25)15-26-11-8-22(21-5-1-4-10-27-21)9-12-29-23(17-22)6-2-3-7-23/h1,4-5,10,13,16,26H,2-3,6-9,11-12,15,17H2/t22-/m1/s1. The Bertz CT molecular complexity index is 876. The number of pyridine rings is 2. The third-order valence-corrected chi connectivity index (χ3v) is 6.49. The van der Waals surface area contributed by atoms with Gasteiger partial charge in [-0.05, 0) is 62.4 Å². The number of halogens is 1. The third-order valence-electron chi connectivity index (χ3n) is 6.49. The molecule has 1 atom stereocenters. The lowest BCUT2D eigenvalue weighted by molar-refractivity contribution is -0.104. The van der Waals surface area contributed by atoms with E-state index in [0.717, 1.165) is 56.5 Å². The molecule has 2 aliphatic rings. The molecule has 2 aromatic heterocycles. The highest BCUT2D eigenvalue weighted by molar-refractivity contribution is 5.25. The van der Waals surface area contributed by atoms with Crippen molar-refractivity contribution in [3.8, 4) is 6.07 Å². The number of hydrogen-bond donors (Lipinski definition) is 1. The van der Waals surface area contributed by atoms with Crippen LogP contribution in [0.3, 0.4) is 0 Å². The maximum absolute atomic E-state index is 13.8. The van der Waals surface area contributed by atoms with Gasteiger partial charge in [0.1, 0.15) is 6.07 Å². The monoisotopic (exact) mass is 394 g/mol. The Hall–Kier alpha value is -2.36. The summed E-state index contributed by atoms with van der Waals surface area (Å²) in [6.07, 6.45) is 11.2. The summed E-state index contributed by atoms with van der Waals surface area (Å²) in [7, 11) is 0. The molecule has 29 heavy (non-hydrogen) atoms. The van der Waals surface area contributed by atoms with Crippen LogP contribution >= 0.6 is 0 Å². The van der Waals surface area contributed by atoms with Crippen molar-refractivity contribution >= 4 is 0 Å². The van der Waals surface area contributed by atoms with Crippen molar-refractivity contribution in [1.82, 2.24) is 15.3 Å². The molecule has 4 rings (SSSR count). The van der Waals surface area contributed by atoms with E-state index in [2.05, 4.69) is 22.4 Å². The van der Waals surface area contributed by atoms with Crippen molar-refractivity contribution in [3.63, 3.8) is 0 Å². The lowest BCUT2D eigenvalue weighted by Gasteiger charge is -2.46. The Morgan fingerprint density at radius 1 is 1.21 bits per heavy atom. The van der Waals surface area contributed by atoms with E-state index in [4.69, 9.17) is 15.0 Å². The summed E-state index contributed by atoms with van der Waals surface area (Å²) in [5.41, 5.74) is 1.75. The molecule has 1 saturated heterocycles. The Kier molecular flexibility index (Phi) is 5.89. The van der Waals surface area contributed by atoms with E-state index in [1.807, 2.05) is 12.3 Å². The first kappa shape index (κ1) is 19.9. The van der Waals surface area contributed by atoms with Gasteiger partial charge in [-0.2, -0.15) is 5.26 Å². The number of nitriles is 1. The molecule has 2 aromatic rings. The number of aromatic nitrogens is 2. The fourth-order valence-corrected chi connectivity index (χ4v) is 5.01. The number of ether oxygens (including phenoxy) is 1. The second kappa shape index (κ2) is 8.56. The maximum Gasteiger partial charge on any atom is 0.176 e. The minimum atomic E-state index is -0.565. The highest BCUT2D eigenvalue weighted by atomic mass is 19.1. The van der Waals surface area contributed by atoms with Crippen molar-refractivity contribution in [2.45, 2.75) is 62.5 Å². The number of nitrogens with zero attached hydrogens (tertiary/aromatic N) is 3. The molecule has 1 saturated carbocycles. The highest BCUT2D eigenvalue weighted by Gasteiger charge is 2.48. The van der Waals surface area contributed by atoms with Crippen LogP contribution in [0.5, 0.6) is 0 Å². The SMILES string of the molecule is N#Cc1ncc(CNCC[C@@]2(c3ccccn3)CCOC3(CCCC3)C2)cc1F. The van der Waals surface area contributed by atoms with Gasteiger partial charge in [-0.15, -0.1) is 0 Å². The molecule has 2 fully saturated rings. The predicted molar refractivity (Wildman–Crippen MR) is 108 cm³/mol. The topological polar surface area (TPSA) is 70.8 Å². The molecule has 1 aliphatic carbocycles. The Labute approximate surface area is 171 Å². The first-order chi connectivity index (χ1) is 14.1. The summed E-state index contributed by atoms with van der Waals surface area (Å²) in [6.45, 7) is 2.10. The average Bonchev–Trinajstić information content (AvgIpc) is 3.19. The Morgan fingerprint density at radius 2 is 2.07 bits per heavy atom. The van der Waals surface area contributed by atoms with Crippen molar-refractivity contribution in [2.24, 2.45) is 0 Å². The predicted octanol–water partition coefficient (Wildman–Crippen LogP) is 4.03. The van der Waals surface area contributed by atoms with Crippen molar-refractivity contribution in [2.75, 3.05) is 13.2 Å². The molecule has 1 aliphatic heterocycles. The van der Waals surface area contributed by atoms with Crippen LogP contribution in [-0.4, -0.2) is 28.7 Å². The average molecular weight is 394 g/mol. The van der Waals surface area contributed by atoms with E-state index < -0.39 is 5.82 Å². The number of rotatable bonds is 6. The molecule has 6 heteroatoms. The van der Waals surface area contributed by atoms with Gasteiger partial charge in [-0.1, -0.05) is 18.9 Å². The highest BCUT2D eigenvalue weighted by Crippen LogP contribution is 2.49. The molecular formula is C23H27FN4O. The van der Waals surface area contributed by atoms with E-state index in [9.17, 15) is 4.39 Å². The minimum absolute atomic E-state index is 0.00498. The van der Waals surface area contributed by atoms with Crippen molar-refractivity contribution in [1.29, 1.82) is 5.26 Å². The molecule has 1 N–H and O–H groups in total. The summed E-state index contributed by atoms with van der Waals surface area (Å²) in [6, 6.07) is 9.32. The van der Waals surface area contributed by atoms with Gasteiger partial charge in [0.2, 0.25) is 0 Å². The zero-order valence-corrected chi connectivity index (χ0v) is 16.7. The quantitative estimate of drug-likeness (QED) is 0.749. The van der Waals surface area contributed by atoms with E-state index in [0.29, 0.717) is 6.54 Å². The van der Waals surface area contributed by atoms with Crippen LogP contribution < -0.4 is 5.32 Å². The van der Waals surface area contributed by atoms with E-state index in [-0.39, 0.29) is 16.7 Å². The van der Waals surface area contributed by atoms with Crippen molar-refractivity contribution < 1.29 is 9.13 Å².